The van der Waals surface area contributed by atoms with E-state index < -0.39 is 33.3 Å². The lowest BCUT2D eigenvalue weighted by Crippen LogP contribution is -2.27. The third kappa shape index (κ3) is 6.02. The number of benzene rings is 1. The molecule has 0 amide bonds. The number of hydrogen-bond donors (Lipinski definition) is 0. The van der Waals surface area contributed by atoms with Crippen molar-refractivity contribution in [3.05, 3.63) is 29.8 Å². The molecule has 0 saturated carbocycles. The van der Waals surface area contributed by atoms with Gasteiger partial charge in [-0.15, -0.1) is 0 Å². The molecule has 0 radical (unpaired) electrons. The van der Waals surface area contributed by atoms with E-state index in [4.69, 9.17) is 9.47 Å². The summed E-state index contributed by atoms with van der Waals surface area (Å²) < 4.78 is 32.9. The van der Waals surface area contributed by atoms with Gasteiger partial charge in [0.2, 0.25) is 0 Å². The molecule has 1 rings (SSSR count). The van der Waals surface area contributed by atoms with Crippen LogP contribution in [0.15, 0.2) is 29.2 Å². The highest BCUT2D eigenvalue weighted by atomic mass is 32.2. The average Bonchev–Trinajstić information content (AvgIpc) is 2.41. The van der Waals surface area contributed by atoms with Crippen LogP contribution < -0.4 is 0 Å². The van der Waals surface area contributed by atoms with Gasteiger partial charge < -0.3 is 9.47 Å². The van der Waals surface area contributed by atoms with Crippen LogP contribution in [0.3, 0.4) is 0 Å². The van der Waals surface area contributed by atoms with Crippen molar-refractivity contribution >= 4 is 21.8 Å². The molecule has 0 aliphatic heterocycles. The number of rotatable bonds is 5. The summed E-state index contributed by atoms with van der Waals surface area (Å²) in [6.45, 7) is 5.21. The number of esters is 2. The molecule has 0 fully saturated rings. The van der Waals surface area contributed by atoms with Gasteiger partial charge in [-0.3, -0.25) is 9.59 Å². The van der Waals surface area contributed by atoms with Crippen LogP contribution in [-0.2, 0) is 28.9 Å². The Morgan fingerprint density at radius 1 is 1.13 bits per heavy atom. The van der Waals surface area contributed by atoms with Crippen molar-refractivity contribution in [1.82, 2.24) is 0 Å². The molecule has 0 saturated heterocycles. The largest absolute Gasteiger partial charge is 0.469 e. The summed E-state index contributed by atoms with van der Waals surface area (Å²) in [6.07, 6.45) is 0.919. The number of sulfone groups is 1. The predicted molar refractivity (Wildman–Crippen MR) is 84.8 cm³/mol. The smallest absolute Gasteiger partial charge is 0.313 e. The fraction of sp³-hybridized carbons (Fsp3) is 0.500. The lowest BCUT2D eigenvalue weighted by atomic mass is 9.96. The van der Waals surface area contributed by atoms with E-state index in [9.17, 15) is 18.0 Å². The van der Waals surface area contributed by atoms with Crippen LogP contribution >= 0.6 is 0 Å². The van der Waals surface area contributed by atoms with E-state index in [0.29, 0.717) is 5.56 Å². The maximum absolute atomic E-state index is 12.0. The van der Waals surface area contributed by atoms with Crippen molar-refractivity contribution in [3.8, 4) is 0 Å². The zero-order chi connectivity index (χ0) is 17.8. The highest BCUT2D eigenvalue weighted by Gasteiger charge is 2.27. The Bertz CT molecular complexity index is 668. The monoisotopic (exact) mass is 342 g/mol. The van der Waals surface area contributed by atoms with Crippen LogP contribution in [0, 0.1) is 0 Å². The second-order valence-electron chi connectivity index (χ2n) is 6.21. The van der Waals surface area contributed by atoms with Gasteiger partial charge in [-0.25, -0.2) is 8.42 Å². The number of ether oxygens (including phenoxy) is 2. The first-order chi connectivity index (χ1) is 10.4. The Morgan fingerprint density at radius 3 is 2.04 bits per heavy atom. The zero-order valence-corrected chi connectivity index (χ0v) is 14.8. The topological polar surface area (TPSA) is 86.7 Å². The van der Waals surface area contributed by atoms with Crippen molar-refractivity contribution in [2.24, 2.45) is 0 Å². The molecule has 7 heteroatoms. The van der Waals surface area contributed by atoms with Gasteiger partial charge in [0.15, 0.2) is 9.84 Å². The number of hydrogen-bond acceptors (Lipinski definition) is 6. The SMILES string of the molecule is COC(=O)C(CC(=O)OC(C)(C)C)c1ccc(S(C)(=O)=O)cc1. The minimum Gasteiger partial charge on any atom is -0.469 e. The van der Waals surface area contributed by atoms with Gasteiger partial charge in [-0.1, -0.05) is 12.1 Å². The van der Waals surface area contributed by atoms with E-state index in [0.717, 1.165) is 6.26 Å². The molecule has 1 aromatic rings. The van der Waals surface area contributed by atoms with Crippen LogP contribution in [0.25, 0.3) is 0 Å². The molecule has 0 aromatic heterocycles. The summed E-state index contributed by atoms with van der Waals surface area (Å²) in [6, 6.07) is 5.80. The van der Waals surface area contributed by atoms with Crippen molar-refractivity contribution in [1.29, 1.82) is 0 Å². The highest BCUT2D eigenvalue weighted by Crippen LogP contribution is 2.24. The van der Waals surface area contributed by atoms with Crippen molar-refractivity contribution in [2.45, 2.75) is 43.6 Å². The average molecular weight is 342 g/mol. The van der Waals surface area contributed by atoms with Crippen LogP contribution in [0.2, 0.25) is 0 Å². The van der Waals surface area contributed by atoms with E-state index in [1.165, 1.54) is 31.4 Å². The molecule has 0 bridgehead atoms. The summed E-state index contributed by atoms with van der Waals surface area (Å²) >= 11 is 0. The van der Waals surface area contributed by atoms with E-state index in [1.54, 1.807) is 20.8 Å². The Labute approximate surface area is 136 Å². The lowest BCUT2D eigenvalue weighted by molar-refractivity contribution is -0.158. The first kappa shape index (κ1) is 19.2. The lowest BCUT2D eigenvalue weighted by Gasteiger charge is -2.21. The van der Waals surface area contributed by atoms with Gasteiger partial charge >= 0.3 is 11.9 Å². The fourth-order valence-corrected chi connectivity index (χ4v) is 2.61. The Hall–Kier alpha value is -1.89. The second kappa shape index (κ2) is 7.12. The molecule has 1 atom stereocenters. The molecule has 23 heavy (non-hydrogen) atoms. The second-order valence-corrected chi connectivity index (χ2v) is 8.22. The zero-order valence-electron chi connectivity index (χ0n) is 14.0. The standard InChI is InChI=1S/C16H22O6S/c1-16(2,3)22-14(17)10-13(15(18)21-4)11-6-8-12(9-7-11)23(5,19)20/h6-9,13H,10H2,1-5H3. The Kier molecular flexibility index (Phi) is 5.93. The van der Waals surface area contributed by atoms with Gasteiger partial charge in [0, 0.05) is 6.26 Å². The van der Waals surface area contributed by atoms with Gasteiger partial charge in [0.1, 0.15) is 5.60 Å². The molecule has 6 nitrogen and oxygen atoms in total. The minimum atomic E-state index is -3.33. The summed E-state index contributed by atoms with van der Waals surface area (Å²) in [4.78, 5) is 24.1. The van der Waals surface area contributed by atoms with Crippen molar-refractivity contribution in [2.75, 3.05) is 13.4 Å². The molecule has 128 valence electrons. The van der Waals surface area contributed by atoms with Crippen molar-refractivity contribution in [3.63, 3.8) is 0 Å². The van der Waals surface area contributed by atoms with E-state index in [-0.39, 0.29) is 11.3 Å². The molecule has 0 aliphatic carbocycles. The normalized spacial score (nSPS) is 13.3. The molecular formula is C16H22O6S. The number of carbonyl (C=O) groups is 2. The first-order valence-electron chi connectivity index (χ1n) is 7.04. The predicted octanol–water partition coefficient (Wildman–Crippen LogP) is 2.08. The van der Waals surface area contributed by atoms with Gasteiger partial charge in [0.05, 0.1) is 24.3 Å². The van der Waals surface area contributed by atoms with Crippen LogP contribution in [0.1, 0.15) is 38.7 Å². The summed E-state index contributed by atoms with van der Waals surface area (Å²) in [7, 11) is -2.09. The maximum atomic E-state index is 12.0. The van der Waals surface area contributed by atoms with Gasteiger partial charge in [-0.2, -0.15) is 0 Å². The third-order valence-electron chi connectivity index (χ3n) is 2.99. The van der Waals surface area contributed by atoms with E-state index in [2.05, 4.69) is 0 Å². The van der Waals surface area contributed by atoms with Crippen molar-refractivity contribution < 1.29 is 27.5 Å². The fourth-order valence-electron chi connectivity index (χ4n) is 1.98. The van der Waals surface area contributed by atoms with Gasteiger partial charge in [0.25, 0.3) is 0 Å². The van der Waals surface area contributed by atoms with E-state index in [1.807, 2.05) is 0 Å². The van der Waals surface area contributed by atoms with E-state index >= 15 is 0 Å². The third-order valence-corrected chi connectivity index (χ3v) is 4.12. The molecule has 1 aromatic carbocycles. The molecule has 0 spiro atoms. The number of carbonyl (C=O) groups excluding carboxylic acids is 2. The Balaban J connectivity index is 3.03. The van der Waals surface area contributed by atoms with Crippen LogP contribution in [-0.4, -0.2) is 39.3 Å². The Morgan fingerprint density at radius 2 is 1.65 bits per heavy atom. The van der Waals surface area contributed by atoms with Crippen LogP contribution in [0.5, 0.6) is 0 Å². The minimum absolute atomic E-state index is 0.141. The molecule has 0 N–H and O–H groups in total. The summed E-state index contributed by atoms with van der Waals surface area (Å²) in [5, 5.41) is 0. The summed E-state index contributed by atoms with van der Waals surface area (Å²) in [5.41, 5.74) is -0.159. The van der Waals surface area contributed by atoms with Gasteiger partial charge in [-0.05, 0) is 38.5 Å². The maximum Gasteiger partial charge on any atom is 0.313 e. The summed E-state index contributed by atoms with van der Waals surface area (Å²) in [5.74, 6) is -1.95. The van der Waals surface area contributed by atoms with Crippen LogP contribution in [0.4, 0.5) is 0 Å². The highest BCUT2D eigenvalue weighted by molar-refractivity contribution is 7.90. The molecule has 0 aliphatic rings. The molecule has 1 unspecified atom stereocenters. The number of methoxy groups -OCH3 is 1. The quantitative estimate of drug-likeness (QED) is 0.762. The first-order valence-corrected chi connectivity index (χ1v) is 8.93. The molecular weight excluding hydrogens is 320 g/mol. The molecule has 0 heterocycles.